The summed E-state index contributed by atoms with van der Waals surface area (Å²) in [6, 6.07) is 14.3. The van der Waals surface area contributed by atoms with E-state index in [1.54, 1.807) is 31.2 Å². The van der Waals surface area contributed by atoms with E-state index in [0.717, 1.165) is 12.3 Å². The van der Waals surface area contributed by atoms with Crippen LogP contribution in [0.25, 0.3) is 0 Å². The van der Waals surface area contributed by atoms with E-state index in [2.05, 4.69) is 15.4 Å². The van der Waals surface area contributed by atoms with E-state index >= 15 is 0 Å². The number of sulfonamides is 2. The van der Waals surface area contributed by atoms with Crippen molar-refractivity contribution in [1.29, 1.82) is 0 Å². The maximum absolute atomic E-state index is 13.6. The fraction of sp³-hybridized carbons (Fsp3) is 0.240. The van der Waals surface area contributed by atoms with Crippen LogP contribution in [0.4, 0.5) is 11.4 Å². The number of aromatic hydroxyl groups is 1. The summed E-state index contributed by atoms with van der Waals surface area (Å²) in [5.41, 5.74) is -0.772. The lowest BCUT2D eigenvalue weighted by atomic mass is 9.90. The van der Waals surface area contributed by atoms with Gasteiger partial charge in [0.2, 0.25) is 26.0 Å². The molecule has 0 bridgehead atoms. The molecule has 12 nitrogen and oxygen atoms in total. The highest BCUT2D eigenvalue weighted by Crippen LogP contribution is 2.31. The number of aliphatic hydroxyl groups excluding tert-OH is 1. The van der Waals surface area contributed by atoms with Gasteiger partial charge in [-0.1, -0.05) is 29.8 Å². The number of phenols is 1. The fourth-order valence-corrected chi connectivity index (χ4v) is 5.39. The maximum Gasteiger partial charge on any atom is 0.249 e. The van der Waals surface area contributed by atoms with Gasteiger partial charge in [0, 0.05) is 12.2 Å². The molecule has 2 atom stereocenters. The number of amides is 1. The van der Waals surface area contributed by atoms with Crippen LogP contribution in [0, 0.1) is 0 Å². The molecule has 0 fully saturated rings. The summed E-state index contributed by atoms with van der Waals surface area (Å²) in [6.45, 7) is 1.36. The third-order valence-corrected chi connectivity index (χ3v) is 7.95. The molecule has 3 aromatic rings. The van der Waals surface area contributed by atoms with E-state index in [-0.39, 0.29) is 39.2 Å². The van der Waals surface area contributed by atoms with Crippen molar-refractivity contribution in [1.82, 2.24) is 5.32 Å². The van der Waals surface area contributed by atoms with Crippen LogP contribution in [0.15, 0.2) is 65.6 Å². The Hall–Kier alpha value is -3.40. The largest absolute Gasteiger partial charge is 0.506 e. The molecule has 0 aromatic heterocycles. The summed E-state index contributed by atoms with van der Waals surface area (Å²) >= 11 is 5.95. The number of halogens is 1. The zero-order valence-corrected chi connectivity index (χ0v) is 24.1. The Bertz CT molecular complexity index is 1620. The van der Waals surface area contributed by atoms with E-state index in [4.69, 9.17) is 21.5 Å². The molecular weight excluding hydrogens is 584 g/mol. The van der Waals surface area contributed by atoms with Crippen molar-refractivity contribution in [3.8, 4) is 11.5 Å². The van der Waals surface area contributed by atoms with E-state index < -0.39 is 37.6 Å². The number of rotatable bonds is 11. The van der Waals surface area contributed by atoms with Crippen molar-refractivity contribution in [2.24, 2.45) is 5.14 Å². The highest BCUT2D eigenvalue weighted by atomic mass is 35.5. The molecule has 1 amide bonds. The second kappa shape index (κ2) is 12.0. The quantitative estimate of drug-likeness (QED) is 0.176. The Labute approximate surface area is 237 Å². The first-order valence-electron chi connectivity index (χ1n) is 11.6. The van der Waals surface area contributed by atoms with Crippen LogP contribution in [-0.4, -0.2) is 52.9 Å². The van der Waals surface area contributed by atoms with Gasteiger partial charge in [0.15, 0.2) is 0 Å². The molecule has 0 radical (unpaired) electrons. The van der Waals surface area contributed by atoms with Crippen molar-refractivity contribution in [3.05, 3.63) is 76.8 Å². The number of primary sulfonamides is 1. The SMILES string of the molecule is COc1ccc(C(C)(NC[C@@H](O)c2ccc(O)c(NS(C)(=O)=O)c2)C(=O)Nc2ccc(Cl)c(S(N)(=O)=O)c2)cc1. The molecule has 7 N–H and O–H groups in total. The predicted octanol–water partition coefficient (Wildman–Crippen LogP) is 2.25. The van der Waals surface area contributed by atoms with Crippen molar-refractivity contribution in [3.63, 3.8) is 0 Å². The number of anilines is 2. The second-order valence-electron chi connectivity index (χ2n) is 9.05. The minimum atomic E-state index is -4.16. The molecule has 15 heteroatoms. The average Bonchev–Trinajstić information content (AvgIpc) is 2.88. The summed E-state index contributed by atoms with van der Waals surface area (Å²) in [4.78, 5) is 13.3. The smallest absolute Gasteiger partial charge is 0.249 e. The van der Waals surface area contributed by atoms with Crippen molar-refractivity contribution in [2.45, 2.75) is 23.5 Å². The Balaban J connectivity index is 1.93. The van der Waals surface area contributed by atoms with E-state index in [1.165, 1.54) is 37.4 Å². The van der Waals surface area contributed by atoms with Gasteiger partial charge in [0.25, 0.3) is 0 Å². The van der Waals surface area contributed by atoms with Crippen LogP contribution in [0.5, 0.6) is 11.5 Å². The number of carbonyl (C=O) groups is 1. The molecule has 40 heavy (non-hydrogen) atoms. The number of ether oxygens (including phenoxy) is 1. The minimum absolute atomic E-state index is 0.107. The third kappa shape index (κ3) is 7.62. The van der Waals surface area contributed by atoms with E-state index in [9.17, 15) is 31.8 Å². The Morgan fingerprint density at radius 3 is 2.30 bits per heavy atom. The van der Waals surface area contributed by atoms with Crippen molar-refractivity contribution < 1.29 is 36.6 Å². The standard InChI is InChI=1S/C25H29ClN4O8S2/c1-25(16-5-8-18(38-2)9-6-16,24(33)29-17-7-10-19(26)23(13-17)40(27,36)37)28-14-22(32)15-4-11-21(31)20(12-15)30-39(3,34)35/h4-13,22,28,30-32H,14H2,1-3H3,(H,29,33)(H2,27,36,37)/t22-,25?/m1/s1. The number of methoxy groups -OCH3 is 1. The minimum Gasteiger partial charge on any atom is -0.506 e. The predicted molar refractivity (Wildman–Crippen MR) is 151 cm³/mol. The van der Waals surface area contributed by atoms with Gasteiger partial charge in [-0.3, -0.25) is 14.8 Å². The molecular formula is C25H29ClN4O8S2. The highest BCUT2D eigenvalue weighted by Gasteiger charge is 2.36. The van der Waals surface area contributed by atoms with Gasteiger partial charge in [0.05, 0.1) is 30.2 Å². The lowest BCUT2D eigenvalue weighted by Crippen LogP contribution is -2.51. The lowest BCUT2D eigenvalue weighted by molar-refractivity contribution is -0.122. The Morgan fingerprint density at radius 1 is 1.07 bits per heavy atom. The monoisotopic (exact) mass is 612 g/mol. The molecule has 3 rings (SSSR count). The number of benzene rings is 3. The van der Waals surface area contributed by atoms with E-state index in [0.29, 0.717) is 11.3 Å². The number of carbonyl (C=O) groups excluding carboxylic acids is 1. The molecule has 0 aliphatic heterocycles. The molecule has 1 unspecified atom stereocenters. The van der Waals surface area contributed by atoms with Gasteiger partial charge < -0.3 is 20.3 Å². The molecule has 0 saturated carbocycles. The van der Waals surface area contributed by atoms with Gasteiger partial charge in [-0.2, -0.15) is 0 Å². The van der Waals surface area contributed by atoms with Crippen LogP contribution in [-0.2, 0) is 30.4 Å². The van der Waals surface area contributed by atoms with Gasteiger partial charge in [0.1, 0.15) is 21.9 Å². The van der Waals surface area contributed by atoms with Crippen molar-refractivity contribution >= 4 is 48.9 Å². The van der Waals surface area contributed by atoms with Crippen molar-refractivity contribution in [2.75, 3.05) is 29.9 Å². The summed E-state index contributed by atoms with van der Waals surface area (Å²) in [6.07, 6.45) is -0.321. The van der Waals surface area contributed by atoms with Crippen LogP contribution in [0.1, 0.15) is 24.2 Å². The van der Waals surface area contributed by atoms with Gasteiger partial charge >= 0.3 is 0 Å². The molecule has 0 aliphatic carbocycles. The van der Waals surface area contributed by atoms with Crippen LogP contribution in [0.2, 0.25) is 5.02 Å². The van der Waals surface area contributed by atoms with Crippen LogP contribution in [0.3, 0.4) is 0 Å². The second-order valence-corrected chi connectivity index (χ2v) is 12.7. The summed E-state index contributed by atoms with van der Waals surface area (Å²) in [7, 11) is -6.37. The van der Waals surface area contributed by atoms with Gasteiger partial charge in [-0.05, 0) is 60.5 Å². The maximum atomic E-state index is 13.6. The number of nitrogens with one attached hydrogen (secondary N) is 3. The average molecular weight is 613 g/mol. The topological polar surface area (TPSA) is 197 Å². The number of hydrogen-bond donors (Lipinski definition) is 6. The van der Waals surface area contributed by atoms with Crippen LogP contribution >= 0.6 is 11.6 Å². The normalized spacial score (nSPS) is 14.2. The first-order chi connectivity index (χ1) is 18.5. The van der Waals surface area contributed by atoms with Gasteiger partial charge in [-0.25, -0.2) is 22.0 Å². The molecule has 3 aromatic carbocycles. The summed E-state index contributed by atoms with van der Waals surface area (Å²) in [5, 5.41) is 31.7. The zero-order chi connectivity index (χ0) is 29.9. The molecule has 0 aliphatic rings. The number of aliphatic hydroxyl groups is 1. The molecule has 0 spiro atoms. The Morgan fingerprint density at radius 2 is 1.73 bits per heavy atom. The highest BCUT2D eigenvalue weighted by molar-refractivity contribution is 7.92. The third-order valence-electron chi connectivity index (χ3n) is 5.97. The first kappa shape index (κ1) is 31.1. The number of nitrogens with two attached hydrogens (primary N) is 1. The lowest BCUT2D eigenvalue weighted by Gasteiger charge is -2.31. The summed E-state index contributed by atoms with van der Waals surface area (Å²) < 4.78 is 54.4. The summed E-state index contributed by atoms with van der Waals surface area (Å²) in [5.74, 6) is -0.409. The molecule has 0 heterocycles. The Kier molecular flexibility index (Phi) is 9.34. The number of hydrogen-bond acceptors (Lipinski definition) is 9. The molecule has 0 saturated heterocycles. The number of phenolic OH excluding ortho intramolecular Hbond substituents is 1. The first-order valence-corrected chi connectivity index (χ1v) is 15.4. The zero-order valence-electron chi connectivity index (χ0n) is 21.7. The van der Waals surface area contributed by atoms with E-state index in [1.807, 2.05) is 0 Å². The van der Waals surface area contributed by atoms with Gasteiger partial charge in [-0.15, -0.1) is 0 Å². The van der Waals surface area contributed by atoms with Crippen LogP contribution < -0.4 is 25.2 Å². The fourth-order valence-electron chi connectivity index (χ4n) is 3.75. The molecule has 216 valence electrons.